The van der Waals surface area contributed by atoms with Gasteiger partial charge in [0.15, 0.2) is 5.96 Å². The number of aromatic nitrogens is 1. The highest BCUT2D eigenvalue weighted by atomic mass is 127. The molecule has 0 saturated carbocycles. The van der Waals surface area contributed by atoms with E-state index in [9.17, 15) is 0 Å². The number of nitrogens with zero attached hydrogens (tertiary/aromatic N) is 3. The van der Waals surface area contributed by atoms with Gasteiger partial charge in [-0.25, -0.2) is 4.98 Å². The molecule has 150 valence electrons. The molecular formula is C19H35IN4O2. The lowest BCUT2D eigenvalue weighted by Gasteiger charge is -2.36. The number of rotatable bonds is 3. The first-order valence-corrected chi connectivity index (χ1v) is 9.17. The largest absolute Gasteiger partial charge is 0.443 e. The summed E-state index contributed by atoms with van der Waals surface area (Å²) in [5.41, 5.74) is -0.107. The van der Waals surface area contributed by atoms with Gasteiger partial charge in [0.25, 0.3) is 0 Å². The average Bonchev–Trinajstić information content (AvgIpc) is 2.97. The van der Waals surface area contributed by atoms with Crippen molar-refractivity contribution in [1.82, 2.24) is 15.2 Å². The van der Waals surface area contributed by atoms with Gasteiger partial charge in [0.1, 0.15) is 5.76 Å². The molecule has 1 aliphatic heterocycles. The van der Waals surface area contributed by atoms with Gasteiger partial charge in [0.05, 0.1) is 24.4 Å². The van der Waals surface area contributed by atoms with Gasteiger partial charge in [-0.2, -0.15) is 0 Å². The molecule has 1 saturated heterocycles. The molecule has 2 rings (SSSR count). The predicted octanol–water partition coefficient (Wildman–Crippen LogP) is 3.95. The monoisotopic (exact) mass is 478 g/mol. The second-order valence-electron chi connectivity index (χ2n) is 8.69. The zero-order valence-electron chi connectivity index (χ0n) is 17.3. The van der Waals surface area contributed by atoms with Crippen molar-refractivity contribution < 1.29 is 9.15 Å². The number of guanidine groups is 1. The van der Waals surface area contributed by atoms with E-state index in [0.717, 1.165) is 37.7 Å². The number of aliphatic imine (C=N–C) groups is 1. The number of piperidine rings is 1. The highest BCUT2D eigenvalue weighted by molar-refractivity contribution is 14.0. The second-order valence-corrected chi connectivity index (χ2v) is 8.69. The molecule has 7 heteroatoms. The fraction of sp³-hybridized carbons (Fsp3) is 0.789. The van der Waals surface area contributed by atoms with Crippen molar-refractivity contribution >= 4 is 29.9 Å². The van der Waals surface area contributed by atoms with Crippen molar-refractivity contribution in [2.75, 3.05) is 20.1 Å². The minimum absolute atomic E-state index is 0. The summed E-state index contributed by atoms with van der Waals surface area (Å²) < 4.78 is 11.9. The molecule has 26 heavy (non-hydrogen) atoms. The molecular weight excluding hydrogens is 443 g/mol. The lowest BCUT2D eigenvalue weighted by atomic mass is 9.94. The number of ether oxygens (including phenoxy) is 1. The fourth-order valence-corrected chi connectivity index (χ4v) is 2.91. The summed E-state index contributed by atoms with van der Waals surface area (Å²) in [7, 11) is 1.82. The summed E-state index contributed by atoms with van der Waals surface area (Å²) in [6.45, 7) is 15.1. The average molecular weight is 478 g/mol. The topological polar surface area (TPSA) is 62.9 Å². The molecule has 0 aromatic carbocycles. The zero-order valence-corrected chi connectivity index (χ0v) is 19.6. The van der Waals surface area contributed by atoms with Crippen LogP contribution in [0.15, 0.2) is 15.6 Å². The Morgan fingerprint density at radius 3 is 2.35 bits per heavy atom. The quantitative estimate of drug-likeness (QED) is 0.405. The molecule has 0 atom stereocenters. The van der Waals surface area contributed by atoms with Crippen LogP contribution in [-0.4, -0.2) is 47.7 Å². The Hall–Kier alpha value is -0.830. The molecule has 0 amide bonds. The van der Waals surface area contributed by atoms with Gasteiger partial charge in [-0.15, -0.1) is 24.0 Å². The molecule has 6 nitrogen and oxygen atoms in total. The van der Waals surface area contributed by atoms with Crippen LogP contribution in [0.3, 0.4) is 0 Å². The van der Waals surface area contributed by atoms with Crippen LogP contribution < -0.4 is 5.32 Å². The second kappa shape index (κ2) is 9.39. The maximum Gasteiger partial charge on any atom is 0.213 e. The molecule has 0 radical (unpaired) electrons. The van der Waals surface area contributed by atoms with Crippen molar-refractivity contribution in [1.29, 1.82) is 0 Å². The SMILES string of the molecule is CN=C(NCc1ncc(C(C)(C)C)o1)N1CCC(OC(C)(C)C)CC1.I. The van der Waals surface area contributed by atoms with E-state index < -0.39 is 0 Å². The number of halogens is 1. The molecule has 0 aliphatic carbocycles. The van der Waals surface area contributed by atoms with E-state index in [1.807, 2.05) is 13.2 Å². The number of hydrogen-bond donors (Lipinski definition) is 1. The Labute approximate surface area is 175 Å². The molecule has 2 heterocycles. The summed E-state index contributed by atoms with van der Waals surface area (Å²) in [6.07, 6.45) is 4.18. The maximum atomic E-state index is 6.09. The van der Waals surface area contributed by atoms with Crippen molar-refractivity contribution in [3.05, 3.63) is 17.8 Å². The molecule has 1 aromatic rings. The van der Waals surface area contributed by atoms with Crippen molar-refractivity contribution in [2.45, 2.75) is 78.0 Å². The summed E-state index contributed by atoms with van der Waals surface area (Å²) in [6, 6.07) is 0. The molecule has 0 bridgehead atoms. The highest BCUT2D eigenvalue weighted by Crippen LogP contribution is 2.23. The zero-order chi connectivity index (χ0) is 18.7. The van der Waals surface area contributed by atoms with Crippen LogP contribution in [-0.2, 0) is 16.7 Å². The normalized spacial score (nSPS) is 17.2. The predicted molar refractivity (Wildman–Crippen MR) is 116 cm³/mol. The van der Waals surface area contributed by atoms with Crippen LogP contribution in [0.4, 0.5) is 0 Å². The smallest absolute Gasteiger partial charge is 0.213 e. The standard InChI is InChI=1S/C19H34N4O2.HI/c1-18(2,3)15-12-21-16(24-15)13-22-17(20-7)23-10-8-14(9-11-23)25-19(4,5)6;/h12,14H,8-11,13H2,1-7H3,(H,20,22);1H. The first-order chi connectivity index (χ1) is 11.6. The van der Waals surface area contributed by atoms with Gasteiger partial charge in [0.2, 0.25) is 5.89 Å². The Balaban J connectivity index is 0.00000338. The molecule has 0 unspecified atom stereocenters. The molecule has 1 aromatic heterocycles. The van der Waals surface area contributed by atoms with Crippen LogP contribution in [0.2, 0.25) is 0 Å². The van der Waals surface area contributed by atoms with Gasteiger partial charge in [0, 0.05) is 25.6 Å². The van der Waals surface area contributed by atoms with E-state index in [4.69, 9.17) is 9.15 Å². The highest BCUT2D eigenvalue weighted by Gasteiger charge is 2.26. The first-order valence-electron chi connectivity index (χ1n) is 9.17. The number of likely N-dealkylation sites (tertiary alicyclic amines) is 1. The molecule has 1 aliphatic rings. The van der Waals surface area contributed by atoms with Gasteiger partial charge in [-0.1, -0.05) is 20.8 Å². The number of nitrogens with one attached hydrogen (secondary N) is 1. The third-order valence-corrected chi connectivity index (χ3v) is 4.16. The van der Waals surface area contributed by atoms with E-state index in [1.165, 1.54) is 0 Å². The Morgan fingerprint density at radius 2 is 1.88 bits per heavy atom. The summed E-state index contributed by atoms with van der Waals surface area (Å²) in [5, 5.41) is 3.36. The van der Waals surface area contributed by atoms with E-state index in [2.05, 4.69) is 61.7 Å². The number of hydrogen-bond acceptors (Lipinski definition) is 4. The van der Waals surface area contributed by atoms with Crippen LogP contribution >= 0.6 is 24.0 Å². The first kappa shape index (κ1) is 23.2. The third kappa shape index (κ3) is 7.06. The minimum atomic E-state index is -0.0809. The van der Waals surface area contributed by atoms with Crippen LogP contribution in [0.1, 0.15) is 66.0 Å². The summed E-state index contributed by atoms with van der Waals surface area (Å²) >= 11 is 0. The van der Waals surface area contributed by atoms with Gasteiger partial charge in [-0.05, 0) is 33.6 Å². The van der Waals surface area contributed by atoms with E-state index in [1.54, 1.807) is 0 Å². The van der Waals surface area contributed by atoms with Gasteiger partial charge in [-0.3, -0.25) is 4.99 Å². The number of oxazole rings is 1. The van der Waals surface area contributed by atoms with Crippen molar-refractivity contribution in [2.24, 2.45) is 4.99 Å². The van der Waals surface area contributed by atoms with Crippen molar-refractivity contribution in [3.8, 4) is 0 Å². The maximum absolute atomic E-state index is 6.09. The molecule has 0 spiro atoms. The molecule has 1 N–H and O–H groups in total. The van der Waals surface area contributed by atoms with Gasteiger partial charge >= 0.3 is 0 Å². The molecule has 1 fully saturated rings. The minimum Gasteiger partial charge on any atom is -0.443 e. The summed E-state index contributed by atoms with van der Waals surface area (Å²) in [5.74, 6) is 2.49. The van der Waals surface area contributed by atoms with Crippen LogP contribution in [0, 0.1) is 0 Å². The van der Waals surface area contributed by atoms with Crippen LogP contribution in [0.25, 0.3) is 0 Å². The Bertz CT molecular complexity index is 579. The fourth-order valence-electron chi connectivity index (χ4n) is 2.91. The van der Waals surface area contributed by atoms with E-state index >= 15 is 0 Å². The van der Waals surface area contributed by atoms with Gasteiger partial charge < -0.3 is 19.4 Å². The Morgan fingerprint density at radius 1 is 1.27 bits per heavy atom. The van der Waals surface area contributed by atoms with E-state index in [0.29, 0.717) is 18.5 Å². The summed E-state index contributed by atoms with van der Waals surface area (Å²) in [4.78, 5) is 11.0. The Kier molecular flexibility index (Phi) is 8.38. The lowest BCUT2D eigenvalue weighted by molar-refractivity contribution is -0.0773. The van der Waals surface area contributed by atoms with E-state index in [-0.39, 0.29) is 35.0 Å². The van der Waals surface area contributed by atoms with Crippen molar-refractivity contribution in [3.63, 3.8) is 0 Å². The lowest BCUT2D eigenvalue weighted by Crippen LogP contribution is -2.47. The van der Waals surface area contributed by atoms with Crippen LogP contribution in [0.5, 0.6) is 0 Å². The third-order valence-electron chi connectivity index (χ3n) is 4.16.